The van der Waals surface area contributed by atoms with Gasteiger partial charge in [-0.15, -0.1) is 0 Å². The second kappa shape index (κ2) is 7.12. The van der Waals surface area contributed by atoms with Gasteiger partial charge >= 0.3 is 0 Å². The van der Waals surface area contributed by atoms with Gasteiger partial charge in [0.15, 0.2) is 11.5 Å². The molecule has 1 N–H and O–H groups in total. The van der Waals surface area contributed by atoms with Gasteiger partial charge in [0.2, 0.25) is 0 Å². The number of benzene rings is 2. The number of methoxy groups -OCH3 is 2. The monoisotopic (exact) mass is 345 g/mol. The molecule has 3 nitrogen and oxygen atoms in total. The maximum absolute atomic E-state index is 6.17. The molecule has 0 amide bonds. The van der Waals surface area contributed by atoms with Gasteiger partial charge in [-0.2, -0.15) is 0 Å². The van der Waals surface area contributed by atoms with Gasteiger partial charge in [0.1, 0.15) is 0 Å². The molecule has 0 aliphatic heterocycles. The van der Waals surface area contributed by atoms with Crippen LogP contribution in [0, 0.1) is 0 Å². The van der Waals surface area contributed by atoms with E-state index in [0.29, 0.717) is 33.1 Å². The molecule has 0 radical (unpaired) electrons. The molecule has 0 heterocycles. The van der Waals surface area contributed by atoms with Crippen LogP contribution in [0.5, 0.6) is 11.5 Å². The van der Waals surface area contributed by atoms with Crippen molar-refractivity contribution in [3.63, 3.8) is 0 Å². The maximum Gasteiger partial charge on any atom is 0.179 e. The number of rotatable bonds is 5. The molecule has 0 unspecified atom stereocenters. The van der Waals surface area contributed by atoms with Crippen LogP contribution in [-0.4, -0.2) is 14.2 Å². The van der Waals surface area contributed by atoms with E-state index in [0.717, 1.165) is 11.3 Å². The van der Waals surface area contributed by atoms with E-state index >= 15 is 0 Å². The molecule has 0 saturated carbocycles. The highest BCUT2D eigenvalue weighted by molar-refractivity contribution is 6.35. The number of hydrogen-bond donors (Lipinski definition) is 1. The van der Waals surface area contributed by atoms with Crippen LogP contribution in [0.4, 0.5) is 5.69 Å². The average Bonchev–Trinajstić information content (AvgIpc) is 2.47. The Hall–Kier alpha value is -1.29. The first-order chi connectivity index (χ1) is 10.0. The summed E-state index contributed by atoms with van der Waals surface area (Å²) in [5.74, 6) is 1.10. The van der Waals surface area contributed by atoms with Crippen molar-refractivity contribution in [3.8, 4) is 11.5 Å². The zero-order valence-corrected chi connectivity index (χ0v) is 13.8. The maximum atomic E-state index is 6.17. The highest BCUT2D eigenvalue weighted by atomic mass is 35.5. The summed E-state index contributed by atoms with van der Waals surface area (Å²) in [6.07, 6.45) is 0. The molecule has 21 heavy (non-hydrogen) atoms. The molecule has 0 aromatic heterocycles. The van der Waals surface area contributed by atoms with Crippen LogP contribution in [0.2, 0.25) is 15.1 Å². The minimum atomic E-state index is 0.492. The van der Waals surface area contributed by atoms with Gasteiger partial charge in [-0.1, -0.05) is 34.8 Å². The minimum Gasteiger partial charge on any atom is -0.493 e. The topological polar surface area (TPSA) is 30.5 Å². The van der Waals surface area contributed by atoms with E-state index in [1.807, 2.05) is 12.1 Å². The first-order valence-electron chi connectivity index (χ1n) is 6.14. The fourth-order valence-electron chi connectivity index (χ4n) is 1.90. The zero-order valence-electron chi connectivity index (χ0n) is 11.5. The summed E-state index contributed by atoms with van der Waals surface area (Å²) in [6, 6.07) is 8.92. The molecule has 0 saturated heterocycles. The van der Waals surface area contributed by atoms with Gasteiger partial charge in [-0.3, -0.25) is 0 Å². The third-order valence-corrected chi connectivity index (χ3v) is 3.75. The van der Waals surface area contributed by atoms with Crippen molar-refractivity contribution in [2.45, 2.75) is 6.54 Å². The van der Waals surface area contributed by atoms with Gasteiger partial charge in [0.05, 0.1) is 30.0 Å². The number of halogens is 3. The Kier molecular flexibility index (Phi) is 5.45. The van der Waals surface area contributed by atoms with E-state index in [1.54, 1.807) is 32.4 Å². The molecule has 2 rings (SSSR count). The lowest BCUT2D eigenvalue weighted by Crippen LogP contribution is -2.01. The molecule has 2 aromatic carbocycles. The minimum absolute atomic E-state index is 0.492. The summed E-state index contributed by atoms with van der Waals surface area (Å²) >= 11 is 18.2. The fourth-order valence-corrected chi connectivity index (χ4v) is 2.57. The molecule has 0 spiro atoms. The van der Waals surface area contributed by atoms with E-state index in [1.165, 1.54) is 0 Å². The Morgan fingerprint density at radius 3 is 2.38 bits per heavy atom. The summed E-state index contributed by atoms with van der Waals surface area (Å²) in [5, 5.41) is 4.93. The second-order valence-electron chi connectivity index (χ2n) is 4.29. The lowest BCUT2D eigenvalue weighted by atomic mass is 10.2. The van der Waals surface area contributed by atoms with Gasteiger partial charge < -0.3 is 14.8 Å². The van der Waals surface area contributed by atoms with Crippen molar-refractivity contribution in [2.75, 3.05) is 19.5 Å². The Bertz CT molecular complexity index is 647. The van der Waals surface area contributed by atoms with Crippen molar-refractivity contribution in [3.05, 3.63) is 51.0 Å². The molecular weight excluding hydrogens is 333 g/mol. The quantitative estimate of drug-likeness (QED) is 0.799. The Labute approximate surface area is 138 Å². The standard InChI is InChI=1S/C15H14Cl3NO2/c1-20-14-6-9(5-12(18)15(14)21-2)8-19-13-7-10(16)3-4-11(13)17/h3-7,19H,8H2,1-2H3. The van der Waals surface area contributed by atoms with Crippen molar-refractivity contribution in [1.29, 1.82) is 0 Å². The van der Waals surface area contributed by atoms with Crippen LogP contribution in [0.15, 0.2) is 30.3 Å². The van der Waals surface area contributed by atoms with Crippen LogP contribution in [-0.2, 0) is 6.54 Å². The molecule has 0 aliphatic rings. The highest BCUT2D eigenvalue weighted by Crippen LogP contribution is 2.36. The Morgan fingerprint density at radius 1 is 0.952 bits per heavy atom. The predicted octanol–water partition coefficient (Wildman–Crippen LogP) is 5.28. The predicted molar refractivity (Wildman–Crippen MR) is 88.3 cm³/mol. The first-order valence-corrected chi connectivity index (χ1v) is 7.28. The number of nitrogens with one attached hydrogen (secondary N) is 1. The van der Waals surface area contributed by atoms with Gasteiger partial charge in [-0.25, -0.2) is 0 Å². The van der Waals surface area contributed by atoms with Crippen LogP contribution in [0.1, 0.15) is 5.56 Å². The summed E-state index contributed by atoms with van der Waals surface area (Å²) in [7, 11) is 3.12. The summed E-state index contributed by atoms with van der Waals surface area (Å²) < 4.78 is 10.5. The van der Waals surface area contributed by atoms with E-state index < -0.39 is 0 Å². The molecule has 0 atom stereocenters. The van der Waals surface area contributed by atoms with E-state index in [9.17, 15) is 0 Å². The van der Waals surface area contributed by atoms with Crippen molar-refractivity contribution in [1.82, 2.24) is 0 Å². The first kappa shape index (κ1) is 16.1. The third-order valence-electron chi connectivity index (χ3n) is 2.90. The summed E-state index contributed by atoms with van der Waals surface area (Å²) in [4.78, 5) is 0. The van der Waals surface area contributed by atoms with Crippen molar-refractivity contribution < 1.29 is 9.47 Å². The van der Waals surface area contributed by atoms with Gasteiger partial charge in [0.25, 0.3) is 0 Å². The summed E-state index contributed by atoms with van der Waals surface area (Å²) in [5.41, 5.74) is 1.70. The van der Waals surface area contributed by atoms with Crippen molar-refractivity contribution >= 4 is 40.5 Å². The molecular formula is C15H14Cl3NO2. The lowest BCUT2D eigenvalue weighted by molar-refractivity contribution is 0.355. The average molecular weight is 347 g/mol. The number of hydrogen-bond acceptors (Lipinski definition) is 3. The van der Waals surface area contributed by atoms with E-state index in [-0.39, 0.29) is 0 Å². The normalized spacial score (nSPS) is 10.3. The van der Waals surface area contributed by atoms with Gasteiger partial charge in [-0.05, 0) is 35.9 Å². The molecule has 6 heteroatoms. The fraction of sp³-hybridized carbons (Fsp3) is 0.200. The van der Waals surface area contributed by atoms with Crippen LogP contribution in [0.3, 0.4) is 0 Å². The third kappa shape index (κ3) is 3.88. The molecule has 0 bridgehead atoms. The smallest absolute Gasteiger partial charge is 0.179 e. The molecule has 0 fully saturated rings. The Balaban J connectivity index is 2.20. The van der Waals surface area contributed by atoms with Crippen LogP contribution >= 0.6 is 34.8 Å². The van der Waals surface area contributed by atoms with E-state index in [4.69, 9.17) is 44.3 Å². The van der Waals surface area contributed by atoms with Crippen LogP contribution in [0.25, 0.3) is 0 Å². The van der Waals surface area contributed by atoms with Crippen LogP contribution < -0.4 is 14.8 Å². The molecule has 112 valence electrons. The highest BCUT2D eigenvalue weighted by Gasteiger charge is 2.11. The number of anilines is 1. The molecule has 2 aromatic rings. The Morgan fingerprint density at radius 2 is 1.71 bits per heavy atom. The van der Waals surface area contributed by atoms with E-state index in [2.05, 4.69) is 5.32 Å². The summed E-state index contributed by atoms with van der Waals surface area (Å²) in [6.45, 7) is 0.528. The molecule has 0 aliphatic carbocycles. The number of ether oxygens (including phenoxy) is 2. The zero-order chi connectivity index (χ0) is 15.4. The SMILES string of the molecule is COc1cc(CNc2cc(Cl)ccc2Cl)cc(Cl)c1OC. The van der Waals surface area contributed by atoms with Gasteiger partial charge in [0, 0.05) is 11.6 Å². The van der Waals surface area contributed by atoms with Crippen molar-refractivity contribution in [2.24, 2.45) is 0 Å². The lowest BCUT2D eigenvalue weighted by Gasteiger charge is -2.13. The second-order valence-corrected chi connectivity index (χ2v) is 5.54. The largest absolute Gasteiger partial charge is 0.493 e.